The largest absolute Gasteiger partial charge is 0.249 e. The van der Waals surface area contributed by atoms with Gasteiger partial charge in [-0.15, -0.1) is 24.0 Å². The first-order chi connectivity index (χ1) is 15.9. The number of halogens is 1. The SMILES string of the molecule is C[n+]1cn(-c2ccc3c(c2)C2(C)CCC3(C)CC2)c2cc3c(cc21)C1CC2CC(CC3C2)C1.I. The van der Waals surface area contributed by atoms with E-state index in [4.69, 9.17) is 0 Å². The molecule has 0 spiro atoms. The molecule has 2 unspecified atom stereocenters. The summed E-state index contributed by atoms with van der Waals surface area (Å²) in [4.78, 5) is 0. The van der Waals surface area contributed by atoms with E-state index >= 15 is 0 Å². The topological polar surface area (TPSA) is 8.81 Å². The highest BCUT2D eigenvalue weighted by Crippen LogP contribution is 2.58. The summed E-state index contributed by atoms with van der Waals surface area (Å²) in [6.45, 7) is 5.03. The summed E-state index contributed by atoms with van der Waals surface area (Å²) in [5.74, 6) is 3.57. The third-order valence-corrected chi connectivity index (χ3v) is 11.2. The predicted molar refractivity (Wildman–Crippen MR) is 149 cm³/mol. The fraction of sp³-hybridized carbons (Fsp3) is 0.581. The second kappa shape index (κ2) is 7.11. The molecular formula is C31H38IN2+. The van der Waals surface area contributed by atoms with Gasteiger partial charge in [0.25, 0.3) is 0 Å². The van der Waals surface area contributed by atoms with Crippen LogP contribution in [0.4, 0.5) is 0 Å². The molecule has 0 N–H and O–H groups in total. The lowest BCUT2D eigenvalue weighted by Crippen LogP contribution is -2.44. The van der Waals surface area contributed by atoms with E-state index in [1.165, 1.54) is 74.5 Å². The monoisotopic (exact) mass is 565 g/mol. The number of benzene rings is 2. The molecule has 2 atom stereocenters. The van der Waals surface area contributed by atoms with Gasteiger partial charge in [-0.05, 0) is 139 Å². The number of aromatic nitrogens is 2. The summed E-state index contributed by atoms with van der Waals surface area (Å²) in [6.07, 6.45) is 15.0. The quantitative estimate of drug-likeness (QED) is 0.213. The van der Waals surface area contributed by atoms with Gasteiger partial charge in [0.2, 0.25) is 6.33 Å². The van der Waals surface area contributed by atoms with Crippen molar-refractivity contribution >= 4 is 35.0 Å². The van der Waals surface area contributed by atoms with Crippen molar-refractivity contribution in [3.63, 3.8) is 0 Å². The third-order valence-electron chi connectivity index (χ3n) is 11.2. The molecule has 0 aliphatic heterocycles. The maximum Gasteiger partial charge on any atom is 0.249 e. The molecule has 3 fully saturated rings. The molecule has 10 rings (SSSR count). The van der Waals surface area contributed by atoms with Gasteiger partial charge in [-0.3, -0.25) is 0 Å². The van der Waals surface area contributed by atoms with Gasteiger partial charge in [0.05, 0.1) is 7.05 Å². The molecule has 7 aliphatic rings. The van der Waals surface area contributed by atoms with Crippen molar-refractivity contribution in [1.29, 1.82) is 0 Å². The number of hydrogen-bond acceptors (Lipinski definition) is 0. The molecule has 0 saturated heterocycles. The minimum absolute atomic E-state index is 0. The van der Waals surface area contributed by atoms with E-state index in [0.717, 1.165) is 23.7 Å². The second-order valence-electron chi connectivity index (χ2n) is 13.2. The van der Waals surface area contributed by atoms with Gasteiger partial charge in [-0.2, -0.15) is 4.57 Å². The van der Waals surface area contributed by atoms with Crippen LogP contribution in [0.15, 0.2) is 36.7 Å². The zero-order valence-corrected chi connectivity index (χ0v) is 23.3. The smallest absolute Gasteiger partial charge is 0.232 e. The summed E-state index contributed by atoms with van der Waals surface area (Å²) in [6, 6.07) is 12.7. The van der Waals surface area contributed by atoms with Crippen LogP contribution in [-0.2, 0) is 17.9 Å². The Morgan fingerprint density at radius 1 is 0.765 bits per heavy atom. The van der Waals surface area contributed by atoms with Crippen molar-refractivity contribution in [2.45, 2.75) is 94.3 Å². The van der Waals surface area contributed by atoms with Crippen molar-refractivity contribution in [3.05, 3.63) is 58.9 Å². The molecule has 2 nitrogen and oxygen atoms in total. The molecule has 3 heteroatoms. The van der Waals surface area contributed by atoms with Gasteiger partial charge in [-0.25, -0.2) is 4.57 Å². The third kappa shape index (κ3) is 2.82. The first kappa shape index (κ1) is 21.9. The van der Waals surface area contributed by atoms with Crippen LogP contribution in [0.3, 0.4) is 0 Å². The van der Waals surface area contributed by atoms with Crippen molar-refractivity contribution in [2.75, 3.05) is 0 Å². The van der Waals surface area contributed by atoms with E-state index in [2.05, 4.69) is 66.7 Å². The molecular weight excluding hydrogens is 527 g/mol. The number of rotatable bonds is 1. The van der Waals surface area contributed by atoms with Crippen LogP contribution in [-0.4, -0.2) is 4.57 Å². The molecule has 6 bridgehead atoms. The van der Waals surface area contributed by atoms with Crippen molar-refractivity contribution in [1.82, 2.24) is 4.57 Å². The molecule has 7 aliphatic carbocycles. The van der Waals surface area contributed by atoms with E-state index < -0.39 is 0 Å². The average molecular weight is 566 g/mol. The average Bonchev–Trinajstić information content (AvgIpc) is 3.05. The summed E-state index contributed by atoms with van der Waals surface area (Å²) < 4.78 is 4.87. The summed E-state index contributed by atoms with van der Waals surface area (Å²) in [7, 11) is 2.24. The van der Waals surface area contributed by atoms with Gasteiger partial charge in [0.1, 0.15) is 5.69 Å². The minimum atomic E-state index is 0. The Balaban J connectivity index is 0.00000200. The van der Waals surface area contributed by atoms with E-state index in [1.54, 1.807) is 22.3 Å². The van der Waals surface area contributed by atoms with Crippen molar-refractivity contribution in [2.24, 2.45) is 18.9 Å². The van der Waals surface area contributed by atoms with Gasteiger partial charge < -0.3 is 0 Å². The first-order valence-electron chi connectivity index (χ1n) is 13.6. The van der Waals surface area contributed by atoms with E-state index in [0.29, 0.717) is 10.8 Å². The van der Waals surface area contributed by atoms with E-state index in [1.807, 2.05) is 0 Å². The standard InChI is InChI=1S/C31H37N2.HI/c1-30-6-8-31(2,9-7-30)27-15-23(4-5-26(27)30)33-18-32(3)28-16-24-21-11-19-10-20(12-21)14-22(13-19)25(24)17-29(28)33;/h4-5,15-22H,6-14H2,1-3H3;1H/q+1;. The number of imidazole rings is 1. The summed E-state index contributed by atoms with van der Waals surface area (Å²) in [5.41, 5.74) is 11.6. The Bertz CT molecular complexity index is 1310. The molecule has 34 heavy (non-hydrogen) atoms. The van der Waals surface area contributed by atoms with Crippen molar-refractivity contribution < 1.29 is 4.57 Å². The molecule has 1 heterocycles. The lowest BCUT2D eigenvalue weighted by Gasteiger charge is -2.52. The molecule has 1 aromatic heterocycles. The van der Waals surface area contributed by atoms with Crippen LogP contribution < -0.4 is 4.57 Å². The Hall–Kier alpha value is -1.36. The predicted octanol–water partition coefficient (Wildman–Crippen LogP) is 7.57. The lowest BCUT2D eigenvalue weighted by atomic mass is 9.52. The maximum atomic E-state index is 2.62. The Kier molecular flexibility index (Phi) is 4.58. The summed E-state index contributed by atoms with van der Waals surface area (Å²) in [5, 5.41) is 0. The van der Waals surface area contributed by atoms with Crippen LogP contribution in [0.5, 0.6) is 0 Å². The molecule has 178 valence electrons. The Labute approximate surface area is 221 Å². The number of nitrogens with zero attached hydrogens (tertiary/aromatic N) is 2. The highest BCUT2D eigenvalue weighted by molar-refractivity contribution is 14.0. The number of fused-ring (bicyclic) bond motifs is 3. The van der Waals surface area contributed by atoms with Crippen molar-refractivity contribution in [3.8, 4) is 5.69 Å². The first-order valence-corrected chi connectivity index (χ1v) is 13.6. The Morgan fingerprint density at radius 3 is 2.00 bits per heavy atom. The zero-order chi connectivity index (χ0) is 22.1. The fourth-order valence-electron chi connectivity index (χ4n) is 9.25. The Morgan fingerprint density at radius 2 is 1.35 bits per heavy atom. The molecule has 3 saturated carbocycles. The zero-order valence-electron chi connectivity index (χ0n) is 20.9. The van der Waals surface area contributed by atoms with E-state index in [9.17, 15) is 0 Å². The molecule has 0 radical (unpaired) electrons. The fourth-order valence-corrected chi connectivity index (χ4v) is 9.25. The van der Waals surface area contributed by atoms with Crippen LogP contribution in [0.2, 0.25) is 0 Å². The normalized spacial score (nSPS) is 36.8. The number of aryl methyl sites for hydroxylation is 1. The van der Waals surface area contributed by atoms with Gasteiger partial charge >= 0.3 is 0 Å². The summed E-state index contributed by atoms with van der Waals surface area (Å²) >= 11 is 0. The molecule has 3 aromatic rings. The van der Waals surface area contributed by atoms with E-state index in [-0.39, 0.29) is 24.0 Å². The van der Waals surface area contributed by atoms with Gasteiger partial charge in [-0.1, -0.05) is 19.9 Å². The van der Waals surface area contributed by atoms with Crippen LogP contribution in [0.1, 0.15) is 106 Å². The lowest BCUT2D eigenvalue weighted by molar-refractivity contribution is -0.645. The second-order valence-corrected chi connectivity index (χ2v) is 13.2. The van der Waals surface area contributed by atoms with Crippen LogP contribution in [0, 0.1) is 11.8 Å². The maximum absolute atomic E-state index is 2.62. The minimum Gasteiger partial charge on any atom is -0.232 e. The van der Waals surface area contributed by atoms with Gasteiger partial charge in [0.15, 0.2) is 11.0 Å². The number of hydrogen-bond donors (Lipinski definition) is 0. The highest BCUT2D eigenvalue weighted by atomic mass is 127. The molecule has 2 aromatic carbocycles. The van der Waals surface area contributed by atoms with Crippen LogP contribution in [0.25, 0.3) is 16.7 Å². The van der Waals surface area contributed by atoms with Gasteiger partial charge in [0, 0.05) is 0 Å². The van der Waals surface area contributed by atoms with Crippen LogP contribution >= 0.6 is 24.0 Å². The highest BCUT2D eigenvalue weighted by Gasteiger charge is 2.48. The molecule has 0 amide bonds.